The van der Waals surface area contributed by atoms with Crippen molar-refractivity contribution in [3.8, 4) is 0 Å². The highest BCUT2D eigenvalue weighted by molar-refractivity contribution is 7.80. The molecule has 3 aromatic carbocycles. The third-order valence-corrected chi connectivity index (χ3v) is 4.47. The van der Waals surface area contributed by atoms with Crippen molar-refractivity contribution in [1.82, 2.24) is 5.32 Å². The predicted octanol–water partition coefficient (Wildman–Crippen LogP) is 6.09. The topological polar surface area (TPSA) is 24.1 Å². The normalized spacial score (nSPS) is 12.3. The molecule has 0 saturated heterocycles. The van der Waals surface area contributed by atoms with Crippen LogP contribution in [0.5, 0.6) is 0 Å². The van der Waals surface area contributed by atoms with E-state index in [1.807, 2.05) is 55.5 Å². The second-order valence-electron chi connectivity index (χ2n) is 6.43. The molecule has 2 nitrogen and oxygen atoms in total. The van der Waals surface area contributed by atoms with E-state index >= 15 is 0 Å². The first-order chi connectivity index (χ1) is 13.3. The van der Waals surface area contributed by atoms with Crippen LogP contribution in [0, 0.1) is 6.92 Å². The Labute approximate surface area is 167 Å². The van der Waals surface area contributed by atoms with Crippen molar-refractivity contribution >= 4 is 23.0 Å². The van der Waals surface area contributed by atoms with E-state index in [1.54, 1.807) is 0 Å². The third-order valence-electron chi connectivity index (χ3n) is 4.25. The number of nitrogens with one attached hydrogen (secondary N) is 2. The Morgan fingerprint density at radius 1 is 0.857 bits per heavy atom. The van der Waals surface area contributed by atoms with Gasteiger partial charge in [0.1, 0.15) is 0 Å². The van der Waals surface area contributed by atoms with E-state index in [0.717, 1.165) is 28.8 Å². The highest BCUT2D eigenvalue weighted by atomic mass is 32.1. The summed E-state index contributed by atoms with van der Waals surface area (Å²) in [5, 5.41) is 6.56. The Hall–Kier alpha value is -2.86. The van der Waals surface area contributed by atoms with Crippen molar-refractivity contribution in [3.63, 3.8) is 0 Å². The third kappa shape index (κ3) is 5.10. The SMILES string of the molecule is Cc1cccc(C(NC(=S)Nc2ccc(C(F)(F)F)cc2)c2ccccc2)c1. The van der Waals surface area contributed by atoms with E-state index in [4.69, 9.17) is 12.2 Å². The fourth-order valence-electron chi connectivity index (χ4n) is 2.90. The van der Waals surface area contributed by atoms with E-state index in [1.165, 1.54) is 12.1 Å². The monoisotopic (exact) mass is 400 g/mol. The molecule has 0 radical (unpaired) electrons. The maximum absolute atomic E-state index is 12.7. The highest BCUT2D eigenvalue weighted by Crippen LogP contribution is 2.30. The summed E-state index contributed by atoms with van der Waals surface area (Å²) in [6.07, 6.45) is -4.36. The molecule has 28 heavy (non-hydrogen) atoms. The number of alkyl halides is 3. The lowest BCUT2D eigenvalue weighted by molar-refractivity contribution is -0.137. The lowest BCUT2D eigenvalue weighted by Crippen LogP contribution is -2.33. The van der Waals surface area contributed by atoms with Crippen LogP contribution in [0.1, 0.15) is 28.3 Å². The maximum Gasteiger partial charge on any atom is 0.416 e. The Kier molecular flexibility index (Phi) is 5.99. The van der Waals surface area contributed by atoms with Gasteiger partial charge in [-0.15, -0.1) is 0 Å². The summed E-state index contributed by atoms with van der Waals surface area (Å²) in [6.45, 7) is 2.02. The molecule has 0 heterocycles. The summed E-state index contributed by atoms with van der Waals surface area (Å²) in [5.74, 6) is 0. The van der Waals surface area contributed by atoms with E-state index in [0.29, 0.717) is 10.8 Å². The predicted molar refractivity (Wildman–Crippen MR) is 110 cm³/mol. The molecule has 0 spiro atoms. The van der Waals surface area contributed by atoms with Crippen LogP contribution >= 0.6 is 12.2 Å². The molecule has 0 aliphatic rings. The molecule has 6 heteroatoms. The Balaban J connectivity index is 1.78. The van der Waals surface area contributed by atoms with Crippen molar-refractivity contribution in [2.24, 2.45) is 0 Å². The Morgan fingerprint density at radius 3 is 2.11 bits per heavy atom. The van der Waals surface area contributed by atoms with Gasteiger partial charge in [-0.3, -0.25) is 0 Å². The Bertz CT molecular complexity index is 938. The fourth-order valence-corrected chi connectivity index (χ4v) is 3.13. The van der Waals surface area contributed by atoms with E-state index < -0.39 is 11.7 Å². The molecule has 0 fully saturated rings. The van der Waals surface area contributed by atoms with Gasteiger partial charge in [0.2, 0.25) is 0 Å². The van der Waals surface area contributed by atoms with Crippen molar-refractivity contribution in [2.75, 3.05) is 5.32 Å². The van der Waals surface area contributed by atoms with Gasteiger partial charge < -0.3 is 10.6 Å². The minimum Gasteiger partial charge on any atom is -0.352 e. The van der Waals surface area contributed by atoms with Crippen molar-refractivity contribution in [1.29, 1.82) is 0 Å². The first-order valence-electron chi connectivity index (χ1n) is 8.69. The standard InChI is InChI=1S/C22H19F3N2S/c1-15-6-5-9-17(14-15)20(16-7-3-2-4-8-16)27-21(28)26-19-12-10-18(11-13-19)22(23,24)25/h2-14,20H,1H3,(H2,26,27,28). The largest absolute Gasteiger partial charge is 0.416 e. The highest BCUT2D eigenvalue weighted by Gasteiger charge is 2.30. The number of rotatable bonds is 4. The first kappa shape index (κ1) is 19.9. The summed E-state index contributed by atoms with van der Waals surface area (Å²) in [6, 6.07) is 22.5. The number of benzene rings is 3. The molecular weight excluding hydrogens is 381 g/mol. The van der Waals surface area contributed by atoms with Crippen LogP contribution in [-0.2, 0) is 6.18 Å². The van der Waals surface area contributed by atoms with Gasteiger partial charge in [0.15, 0.2) is 5.11 Å². The molecule has 0 saturated carbocycles. The molecule has 144 valence electrons. The number of hydrogen-bond donors (Lipinski definition) is 2. The molecule has 0 aliphatic heterocycles. The molecule has 0 aliphatic carbocycles. The van der Waals surface area contributed by atoms with E-state index in [2.05, 4.69) is 16.7 Å². The molecule has 3 aromatic rings. The second kappa shape index (κ2) is 8.44. The number of aryl methyl sites for hydroxylation is 1. The summed E-state index contributed by atoms with van der Waals surface area (Å²) in [4.78, 5) is 0. The molecule has 3 rings (SSSR count). The van der Waals surface area contributed by atoms with Gasteiger partial charge in [-0.1, -0.05) is 60.2 Å². The van der Waals surface area contributed by atoms with Gasteiger partial charge >= 0.3 is 6.18 Å². The van der Waals surface area contributed by atoms with E-state index in [9.17, 15) is 13.2 Å². The minimum atomic E-state index is -4.36. The van der Waals surface area contributed by atoms with Crippen LogP contribution in [0.2, 0.25) is 0 Å². The van der Waals surface area contributed by atoms with Crippen molar-refractivity contribution in [3.05, 3.63) is 101 Å². The van der Waals surface area contributed by atoms with Gasteiger partial charge in [0, 0.05) is 5.69 Å². The molecule has 0 amide bonds. The number of hydrogen-bond acceptors (Lipinski definition) is 1. The van der Waals surface area contributed by atoms with Crippen LogP contribution < -0.4 is 10.6 Å². The lowest BCUT2D eigenvalue weighted by Gasteiger charge is -2.22. The van der Waals surface area contributed by atoms with Gasteiger partial charge in [-0.2, -0.15) is 13.2 Å². The van der Waals surface area contributed by atoms with Crippen LogP contribution in [-0.4, -0.2) is 5.11 Å². The average molecular weight is 400 g/mol. The molecule has 0 aromatic heterocycles. The zero-order valence-electron chi connectivity index (χ0n) is 15.1. The summed E-state index contributed by atoms with van der Waals surface area (Å²) >= 11 is 5.41. The molecule has 2 N–H and O–H groups in total. The molecule has 1 unspecified atom stereocenters. The average Bonchev–Trinajstić information content (AvgIpc) is 2.66. The first-order valence-corrected chi connectivity index (χ1v) is 9.10. The van der Waals surface area contributed by atoms with Crippen molar-refractivity contribution < 1.29 is 13.2 Å². The molecule has 0 bridgehead atoms. The number of thiocarbonyl (C=S) groups is 1. The smallest absolute Gasteiger partial charge is 0.352 e. The van der Waals surface area contributed by atoms with Gasteiger partial charge in [0.05, 0.1) is 11.6 Å². The van der Waals surface area contributed by atoms with E-state index in [-0.39, 0.29) is 6.04 Å². The van der Waals surface area contributed by atoms with Crippen LogP contribution in [0.25, 0.3) is 0 Å². The van der Waals surface area contributed by atoms with Crippen LogP contribution in [0.4, 0.5) is 18.9 Å². The van der Waals surface area contributed by atoms with Gasteiger partial charge in [0.25, 0.3) is 0 Å². The van der Waals surface area contributed by atoms with Gasteiger partial charge in [-0.25, -0.2) is 0 Å². The number of halogens is 3. The maximum atomic E-state index is 12.7. The zero-order chi connectivity index (χ0) is 20.1. The summed E-state index contributed by atoms with van der Waals surface area (Å²) in [5.41, 5.74) is 3.00. The fraction of sp³-hybridized carbons (Fsp3) is 0.136. The quantitative estimate of drug-likeness (QED) is 0.518. The van der Waals surface area contributed by atoms with Gasteiger partial charge in [-0.05, 0) is 54.5 Å². The summed E-state index contributed by atoms with van der Waals surface area (Å²) < 4.78 is 38.1. The second-order valence-corrected chi connectivity index (χ2v) is 6.84. The molecular formula is C22H19F3N2S. The molecule has 1 atom stereocenters. The zero-order valence-corrected chi connectivity index (χ0v) is 15.9. The summed E-state index contributed by atoms with van der Waals surface area (Å²) in [7, 11) is 0. The lowest BCUT2D eigenvalue weighted by atomic mass is 9.97. The minimum absolute atomic E-state index is 0.185. The van der Waals surface area contributed by atoms with Crippen LogP contribution in [0.15, 0.2) is 78.9 Å². The van der Waals surface area contributed by atoms with Crippen molar-refractivity contribution in [2.45, 2.75) is 19.1 Å². The number of anilines is 1. The van der Waals surface area contributed by atoms with Crippen LogP contribution in [0.3, 0.4) is 0 Å². The Morgan fingerprint density at radius 2 is 1.50 bits per heavy atom.